The Hall–Kier alpha value is 0.230. The summed E-state index contributed by atoms with van der Waals surface area (Å²) in [6.07, 6.45) is 7.77. The van der Waals surface area contributed by atoms with Crippen molar-refractivity contribution in [2.24, 2.45) is 17.8 Å². The number of aromatic nitrogens is 2. The number of hydrogen-bond donors (Lipinski definition) is 0. The second kappa shape index (κ2) is 3.91. The highest BCUT2D eigenvalue weighted by Crippen LogP contribution is 2.48. The standard InChI is InChI=1S/C11H14ClIN2/c12-10-6-15(14-11(10)13)5-9-4-7-1-2-8(9)3-7/h6-9H,1-5H2. The summed E-state index contributed by atoms with van der Waals surface area (Å²) in [6.45, 7) is 1.07. The van der Waals surface area contributed by atoms with Crippen LogP contribution < -0.4 is 0 Å². The molecule has 2 fully saturated rings. The van der Waals surface area contributed by atoms with Crippen molar-refractivity contribution in [3.05, 3.63) is 14.9 Å². The molecule has 0 radical (unpaired) electrons. The van der Waals surface area contributed by atoms with Crippen LogP contribution in [0.3, 0.4) is 0 Å². The quantitative estimate of drug-likeness (QED) is 0.755. The third-order valence-electron chi connectivity index (χ3n) is 3.98. The van der Waals surface area contributed by atoms with E-state index >= 15 is 0 Å². The van der Waals surface area contributed by atoms with Gasteiger partial charge >= 0.3 is 0 Å². The van der Waals surface area contributed by atoms with E-state index in [1.165, 1.54) is 25.7 Å². The van der Waals surface area contributed by atoms with Gasteiger partial charge in [-0.1, -0.05) is 18.0 Å². The van der Waals surface area contributed by atoms with Crippen LogP contribution in [-0.2, 0) is 6.54 Å². The lowest BCUT2D eigenvalue weighted by Gasteiger charge is -2.21. The van der Waals surface area contributed by atoms with Crippen LogP contribution in [0.1, 0.15) is 25.7 Å². The van der Waals surface area contributed by atoms with Crippen molar-refractivity contribution in [1.29, 1.82) is 0 Å². The molecule has 1 heterocycles. The zero-order valence-corrected chi connectivity index (χ0v) is 11.4. The molecule has 4 heteroatoms. The van der Waals surface area contributed by atoms with Gasteiger partial charge in [-0.25, -0.2) is 0 Å². The Morgan fingerprint density at radius 3 is 2.87 bits per heavy atom. The minimum Gasteiger partial charge on any atom is -0.270 e. The molecule has 1 aromatic heterocycles. The van der Waals surface area contributed by atoms with Crippen LogP contribution in [-0.4, -0.2) is 9.78 Å². The maximum Gasteiger partial charge on any atom is 0.141 e. The Balaban J connectivity index is 1.70. The van der Waals surface area contributed by atoms with Gasteiger partial charge in [0.2, 0.25) is 0 Å². The Morgan fingerprint density at radius 2 is 2.33 bits per heavy atom. The van der Waals surface area contributed by atoms with Gasteiger partial charge in [-0.15, -0.1) is 0 Å². The predicted molar refractivity (Wildman–Crippen MR) is 68.9 cm³/mol. The van der Waals surface area contributed by atoms with E-state index in [4.69, 9.17) is 11.6 Å². The van der Waals surface area contributed by atoms with Gasteiger partial charge in [0.05, 0.1) is 5.02 Å². The lowest BCUT2D eigenvalue weighted by Crippen LogP contribution is -2.17. The smallest absolute Gasteiger partial charge is 0.141 e. The van der Waals surface area contributed by atoms with Crippen molar-refractivity contribution in [2.75, 3.05) is 0 Å². The molecule has 3 atom stereocenters. The van der Waals surface area contributed by atoms with Crippen LogP contribution in [0.2, 0.25) is 5.02 Å². The van der Waals surface area contributed by atoms with Gasteiger partial charge in [0.15, 0.2) is 0 Å². The number of halogens is 2. The van der Waals surface area contributed by atoms with Gasteiger partial charge in [0.1, 0.15) is 3.70 Å². The molecule has 2 nitrogen and oxygen atoms in total. The van der Waals surface area contributed by atoms with Crippen LogP contribution in [0, 0.1) is 21.5 Å². The number of nitrogens with zero attached hydrogens (tertiary/aromatic N) is 2. The molecule has 2 aliphatic rings. The summed E-state index contributed by atoms with van der Waals surface area (Å²) in [5.74, 6) is 2.84. The molecular weight excluding hydrogens is 322 g/mol. The zero-order valence-electron chi connectivity index (χ0n) is 8.50. The number of rotatable bonds is 2. The van der Waals surface area contributed by atoms with Crippen molar-refractivity contribution >= 4 is 34.2 Å². The molecule has 2 bridgehead atoms. The maximum atomic E-state index is 6.00. The molecule has 1 aromatic rings. The van der Waals surface area contributed by atoms with Gasteiger partial charge in [-0.05, 0) is 59.6 Å². The third kappa shape index (κ3) is 1.93. The largest absolute Gasteiger partial charge is 0.270 e. The van der Waals surface area contributed by atoms with E-state index in [0.717, 1.165) is 33.0 Å². The fraction of sp³-hybridized carbons (Fsp3) is 0.727. The highest BCUT2D eigenvalue weighted by Gasteiger charge is 2.39. The van der Waals surface area contributed by atoms with Gasteiger partial charge in [0.25, 0.3) is 0 Å². The van der Waals surface area contributed by atoms with E-state index in [1.807, 2.05) is 10.9 Å². The number of fused-ring (bicyclic) bond motifs is 2. The van der Waals surface area contributed by atoms with Crippen LogP contribution in [0.15, 0.2) is 6.20 Å². The third-order valence-corrected chi connectivity index (χ3v) is 5.37. The molecule has 15 heavy (non-hydrogen) atoms. The Bertz CT molecular complexity index is 357. The molecule has 0 amide bonds. The Morgan fingerprint density at radius 1 is 1.47 bits per heavy atom. The SMILES string of the molecule is Clc1cn(CC2CC3CCC2C3)nc1I. The minimum absolute atomic E-state index is 0.791. The fourth-order valence-corrected chi connectivity index (χ4v) is 3.87. The molecule has 0 spiro atoms. The Kier molecular flexibility index (Phi) is 2.71. The molecule has 0 aliphatic heterocycles. The summed E-state index contributed by atoms with van der Waals surface area (Å²) in [7, 11) is 0. The van der Waals surface area contributed by atoms with Crippen molar-refractivity contribution in [2.45, 2.75) is 32.2 Å². The molecule has 2 saturated carbocycles. The second-order valence-corrected chi connectivity index (χ2v) is 6.35. The molecule has 2 aliphatic carbocycles. The fourth-order valence-electron chi connectivity index (χ4n) is 3.31. The zero-order chi connectivity index (χ0) is 10.4. The molecule has 82 valence electrons. The molecule has 0 N–H and O–H groups in total. The van der Waals surface area contributed by atoms with Crippen molar-refractivity contribution in [1.82, 2.24) is 9.78 Å². The van der Waals surface area contributed by atoms with Crippen LogP contribution in [0.25, 0.3) is 0 Å². The molecule has 3 rings (SSSR count). The summed E-state index contributed by atoms with van der Waals surface area (Å²) in [5.41, 5.74) is 0. The molecule has 0 saturated heterocycles. The van der Waals surface area contributed by atoms with Gasteiger partial charge in [0, 0.05) is 12.7 Å². The topological polar surface area (TPSA) is 17.8 Å². The molecule has 3 unspecified atom stereocenters. The van der Waals surface area contributed by atoms with Crippen molar-refractivity contribution < 1.29 is 0 Å². The first-order valence-electron chi connectivity index (χ1n) is 5.61. The molecule has 0 aromatic carbocycles. The summed E-state index contributed by atoms with van der Waals surface area (Å²) < 4.78 is 2.97. The summed E-state index contributed by atoms with van der Waals surface area (Å²) in [4.78, 5) is 0. The average molecular weight is 337 g/mol. The summed E-state index contributed by atoms with van der Waals surface area (Å²) in [6, 6.07) is 0. The molecular formula is C11H14ClIN2. The summed E-state index contributed by atoms with van der Waals surface area (Å²) in [5, 5.41) is 5.22. The highest BCUT2D eigenvalue weighted by molar-refractivity contribution is 14.1. The van der Waals surface area contributed by atoms with Gasteiger partial charge < -0.3 is 0 Å². The van der Waals surface area contributed by atoms with Crippen molar-refractivity contribution in [3.8, 4) is 0 Å². The lowest BCUT2D eigenvalue weighted by atomic mass is 9.89. The van der Waals surface area contributed by atoms with E-state index < -0.39 is 0 Å². The average Bonchev–Trinajstić information content (AvgIpc) is 2.84. The predicted octanol–water partition coefficient (Wildman–Crippen LogP) is 3.58. The van der Waals surface area contributed by atoms with Crippen LogP contribution >= 0.6 is 34.2 Å². The van der Waals surface area contributed by atoms with E-state index in [0.29, 0.717) is 0 Å². The second-order valence-electron chi connectivity index (χ2n) is 4.92. The van der Waals surface area contributed by atoms with Crippen LogP contribution in [0.5, 0.6) is 0 Å². The maximum absolute atomic E-state index is 6.00. The lowest BCUT2D eigenvalue weighted by molar-refractivity contribution is 0.285. The number of hydrogen-bond acceptors (Lipinski definition) is 1. The summed E-state index contributed by atoms with van der Waals surface area (Å²) >= 11 is 8.19. The monoisotopic (exact) mass is 336 g/mol. The van der Waals surface area contributed by atoms with Crippen molar-refractivity contribution in [3.63, 3.8) is 0 Å². The van der Waals surface area contributed by atoms with E-state index in [2.05, 4.69) is 27.7 Å². The minimum atomic E-state index is 0.791. The van der Waals surface area contributed by atoms with Crippen LogP contribution in [0.4, 0.5) is 0 Å². The Labute approximate surface area is 109 Å². The highest BCUT2D eigenvalue weighted by atomic mass is 127. The van der Waals surface area contributed by atoms with E-state index in [1.54, 1.807) is 0 Å². The van der Waals surface area contributed by atoms with E-state index in [9.17, 15) is 0 Å². The normalized spacial score (nSPS) is 33.9. The van der Waals surface area contributed by atoms with E-state index in [-0.39, 0.29) is 0 Å². The first kappa shape index (κ1) is 10.4. The first-order chi connectivity index (χ1) is 7.22. The van der Waals surface area contributed by atoms with Gasteiger partial charge in [-0.2, -0.15) is 5.10 Å². The van der Waals surface area contributed by atoms with Gasteiger partial charge in [-0.3, -0.25) is 4.68 Å². The first-order valence-corrected chi connectivity index (χ1v) is 7.06.